The summed E-state index contributed by atoms with van der Waals surface area (Å²) in [6.07, 6.45) is 0. The SMILES string of the molecule is CC(NC(=O)Nc1cc(Cl)nc(Cl)c1)C(C)(C)C. The molecule has 1 rings (SSSR count). The number of carbonyl (C=O) groups excluding carboxylic acids is 1. The summed E-state index contributed by atoms with van der Waals surface area (Å²) in [6.45, 7) is 8.11. The number of carbonyl (C=O) groups is 1. The summed E-state index contributed by atoms with van der Waals surface area (Å²) in [5.74, 6) is 0. The number of rotatable bonds is 2. The molecule has 18 heavy (non-hydrogen) atoms. The van der Waals surface area contributed by atoms with Crippen LogP contribution in [0.15, 0.2) is 12.1 Å². The molecular formula is C12H17Cl2N3O. The van der Waals surface area contributed by atoms with Crippen LogP contribution < -0.4 is 10.6 Å². The van der Waals surface area contributed by atoms with Crippen molar-refractivity contribution in [2.75, 3.05) is 5.32 Å². The van der Waals surface area contributed by atoms with Crippen LogP contribution >= 0.6 is 23.2 Å². The predicted octanol–water partition coefficient (Wildman–Crippen LogP) is 3.94. The van der Waals surface area contributed by atoms with Gasteiger partial charge in [-0.05, 0) is 24.5 Å². The van der Waals surface area contributed by atoms with E-state index in [1.54, 1.807) is 0 Å². The zero-order chi connectivity index (χ0) is 13.9. The molecule has 0 spiro atoms. The zero-order valence-electron chi connectivity index (χ0n) is 10.8. The van der Waals surface area contributed by atoms with Crippen LogP contribution in [0, 0.1) is 5.41 Å². The van der Waals surface area contributed by atoms with Crippen molar-refractivity contribution < 1.29 is 4.79 Å². The van der Waals surface area contributed by atoms with E-state index in [2.05, 4.69) is 36.4 Å². The van der Waals surface area contributed by atoms with Crippen LogP contribution in [0.2, 0.25) is 10.3 Å². The maximum atomic E-state index is 11.8. The van der Waals surface area contributed by atoms with Crippen molar-refractivity contribution in [3.63, 3.8) is 0 Å². The number of urea groups is 1. The quantitative estimate of drug-likeness (QED) is 0.810. The Balaban J connectivity index is 2.65. The number of amides is 2. The smallest absolute Gasteiger partial charge is 0.319 e. The predicted molar refractivity (Wildman–Crippen MR) is 75.3 cm³/mol. The lowest BCUT2D eigenvalue weighted by molar-refractivity contribution is 0.233. The van der Waals surface area contributed by atoms with Gasteiger partial charge < -0.3 is 10.6 Å². The molecule has 0 saturated carbocycles. The van der Waals surface area contributed by atoms with Gasteiger partial charge in [-0.1, -0.05) is 44.0 Å². The molecule has 1 aromatic heterocycles. The summed E-state index contributed by atoms with van der Waals surface area (Å²) < 4.78 is 0. The van der Waals surface area contributed by atoms with E-state index in [0.717, 1.165) is 0 Å². The van der Waals surface area contributed by atoms with Crippen LogP contribution in [0.5, 0.6) is 0 Å². The highest BCUT2D eigenvalue weighted by molar-refractivity contribution is 6.32. The third kappa shape index (κ3) is 4.70. The van der Waals surface area contributed by atoms with Crippen molar-refractivity contribution in [1.82, 2.24) is 10.3 Å². The molecule has 0 aliphatic heterocycles. The second-order valence-electron chi connectivity index (χ2n) is 5.19. The molecule has 0 bridgehead atoms. The van der Waals surface area contributed by atoms with E-state index < -0.39 is 0 Å². The first kappa shape index (κ1) is 15.1. The standard InChI is InChI=1S/C12H17Cl2N3O/c1-7(12(2,3)4)15-11(18)16-8-5-9(13)17-10(14)6-8/h5-7H,1-4H3,(H2,15,16,17,18). The van der Waals surface area contributed by atoms with E-state index in [4.69, 9.17) is 23.2 Å². The number of halogens is 2. The van der Waals surface area contributed by atoms with Gasteiger partial charge in [-0.2, -0.15) is 0 Å². The normalized spacial score (nSPS) is 13.0. The summed E-state index contributed by atoms with van der Waals surface area (Å²) in [5, 5.41) is 5.99. The highest BCUT2D eigenvalue weighted by Gasteiger charge is 2.21. The van der Waals surface area contributed by atoms with E-state index in [1.807, 2.05) is 6.92 Å². The summed E-state index contributed by atoms with van der Waals surface area (Å²) >= 11 is 11.5. The summed E-state index contributed by atoms with van der Waals surface area (Å²) in [4.78, 5) is 15.6. The molecular weight excluding hydrogens is 273 g/mol. The molecule has 0 saturated heterocycles. The Hall–Kier alpha value is -1.00. The van der Waals surface area contributed by atoms with Crippen LogP contribution in [0.1, 0.15) is 27.7 Å². The Morgan fingerprint density at radius 2 is 1.78 bits per heavy atom. The first-order valence-electron chi connectivity index (χ1n) is 5.59. The van der Waals surface area contributed by atoms with Crippen molar-refractivity contribution in [2.45, 2.75) is 33.7 Å². The monoisotopic (exact) mass is 289 g/mol. The minimum Gasteiger partial charge on any atom is -0.335 e. The summed E-state index contributed by atoms with van der Waals surface area (Å²) in [7, 11) is 0. The molecule has 100 valence electrons. The number of nitrogens with zero attached hydrogens (tertiary/aromatic N) is 1. The van der Waals surface area contributed by atoms with Gasteiger partial charge in [0.15, 0.2) is 0 Å². The molecule has 4 nitrogen and oxygen atoms in total. The van der Waals surface area contributed by atoms with Gasteiger partial charge in [0.05, 0.1) is 0 Å². The molecule has 2 amide bonds. The third-order valence-corrected chi connectivity index (χ3v) is 3.05. The average molecular weight is 290 g/mol. The van der Waals surface area contributed by atoms with Gasteiger partial charge in [0.1, 0.15) is 10.3 Å². The molecule has 0 fully saturated rings. The summed E-state index contributed by atoms with van der Waals surface area (Å²) in [6, 6.07) is 2.81. The van der Waals surface area contributed by atoms with Crippen molar-refractivity contribution >= 4 is 34.9 Å². The molecule has 0 aromatic carbocycles. The van der Waals surface area contributed by atoms with Crippen LogP contribution in [0.4, 0.5) is 10.5 Å². The Labute approximate surface area is 117 Å². The Morgan fingerprint density at radius 3 is 2.22 bits per heavy atom. The van der Waals surface area contributed by atoms with Crippen LogP contribution in [0.25, 0.3) is 0 Å². The van der Waals surface area contributed by atoms with Crippen LogP contribution in [-0.2, 0) is 0 Å². The lowest BCUT2D eigenvalue weighted by Gasteiger charge is -2.28. The van der Waals surface area contributed by atoms with Gasteiger partial charge in [-0.25, -0.2) is 9.78 Å². The highest BCUT2D eigenvalue weighted by Crippen LogP contribution is 2.20. The zero-order valence-corrected chi connectivity index (χ0v) is 12.4. The maximum absolute atomic E-state index is 11.8. The van der Waals surface area contributed by atoms with E-state index in [1.165, 1.54) is 12.1 Å². The fourth-order valence-electron chi connectivity index (χ4n) is 1.12. The van der Waals surface area contributed by atoms with E-state index >= 15 is 0 Å². The first-order valence-corrected chi connectivity index (χ1v) is 6.34. The number of hydrogen-bond donors (Lipinski definition) is 2. The molecule has 6 heteroatoms. The van der Waals surface area contributed by atoms with Gasteiger partial charge in [-0.3, -0.25) is 0 Å². The van der Waals surface area contributed by atoms with Gasteiger partial charge >= 0.3 is 6.03 Å². The fourth-order valence-corrected chi connectivity index (χ4v) is 1.58. The molecule has 1 heterocycles. The van der Waals surface area contributed by atoms with Gasteiger partial charge in [-0.15, -0.1) is 0 Å². The molecule has 0 aliphatic rings. The van der Waals surface area contributed by atoms with Gasteiger partial charge in [0.2, 0.25) is 0 Å². The molecule has 1 unspecified atom stereocenters. The Morgan fingerprint density at radius 1 is 1.28 bits per heavy atom. The molecule has 1 atom stereocenters. The maximum Gasteiger partial charge on any atom is 0.319 e. The van der Waals surface area contributed by atoms with Crippen molar-refractivity contribution in [3.05, 3.63) is 22.4 Å². The fraction of sp³-hybridized carbons (Fsp3) is 0.500. The Bertz CT molecular complexity index is 423. The third-order valence-electron chi connectivity index (χ3n) is 2.67. The lowest BCUT2D eigenvalue weighted by atomic mass is 9.88. The minimum atomic E-state index is -0.296. The van der Waals surface area contributed by atoms with E-state index in [9.17, 15) is 4.79 Å². The number of anilines is 1. The van der Waals surface area contributed by atoms with Crippen LogP contribution in [-0.4, -0.2) is 17.1 Å². The van der Waals surface area contributed by atoms with Crippen molar-refractivity contribution in [1.29, 1.82) is 0 Å². The minimum absolute atomic E-state index is 0.00905. The lowest BCUT2D eigenvalue weighted by Crippen LogP contribution is -2.43. The second kappa shape index (κ2) is 5.76. The first-order chi connectivity index (χ1) is 8.18. The average Bonchev–Trinajstić information content (AvgIpc) is 2.13. The van der Waals surface area contributed by atoms with Crippen molar-refractivity contribution in [3.8, 4) is 0 Å². The van der Waals surface area contributed by atoms with Gasteiger partial charge in [0.25, 0.3) is 0 Å². The number of aromatic nitrogens is 1. The molecule has 2 N–H and O–H groups in total. The highest BCUT2D eigenvalue weighted by atomic mass is 35.5. The van der Waals surface area contributed by atoms with E-state index in [0.29, 0.717) is 5.69 Å². The largest absolute Gasteiger partial charge is 0.335 e. The number of hydrogen-bond acceptors (Lipinski definition) is 2. The van der Waals surface area contributed by atoms with Crippen LogP contribution in [0.3, 0.4) is 0 Å². The van der Waals surface area contributed by atoms with E-state index in [-0.39, 0.29) is 27.8 Å². The molecule has 1 aromatic rings. The number of pyridine rings is 1. The Kier molecular flexibility index (Phi) is 4.82. The van der Waals surface area contributed by atoms with Gasteiger partial charge in [0, 0.05) is 11.7 Å². The second-order valence-corrected chi connectivity index (χ2v) is 5.96. The topological polar surface area (TPSA) is 54.0 Å². The van der Waals surface area contributed by atoms with Crippen molar-refractivity contribution in [2.24, 2.45) is 5.41 Å². The molecule has 0 aliphatic carbocycles. The molecule has 0 radical (unpaired) electrons. The summed E-state index contributed by atoms with van der Waals surface area (Å²) in [5.41, 5.74) is 0.504. The number of nitrogens with one attached hydrogen (secondary N) is 2.